The second-order valence-corrected chi connectivity index (χ2v) is 9.56. The van der Waals surface area contributed by atoms with E-state index in [0.29, 0.717) is 12.3 Å². The van der Waals surface area contributed by atoms with Crippen molar-refractivity contribution in [3.05, 3.63) is 70.6 Å². The number of nitrogens with one attached hydrogen (secondary N) is 2. The molecule has 208 valence electrons. The lowest BCUT2D eigenvalue weighted by Crippen LogP contribution is -2.22. The summed E-state index contributed by atoms with van der Waals surface area (Å²) in [5, 5.41) is 1.57. The summed E-state index contributed by atoms with van der Waals surface area (Å²) in [6, 6.07) is 7.40. The van der Waals surface area contributed by atoms with Crippen LogP contribution in [0.4, 0.5) is 29.1 Å². The van der Waals surface area contributed by atoms with Gasteiger partial charge in [0.15, 0.2) is 23.9 Å². The first-order valence-corrected chi connectivity index (χ1v) is 12.4. The molecule has 3 aromatic rings. The molecule has 3 rings (SSSR count). The number of esters is 1. The molecule has 2 N–H and O–H groups in total. The van der Waals surface area contributed by atoms with Gasteiger partial charge in [-0.3, -0.25) is 9.52 Å². The standard InChI is InChI=1S/C23H18ClF4N3O7S/c1-36-18-9-13(39(34,35)31-17-6-4-3-5-16(17)25)8-14(20(18)37-2)22(33)38-11-19(32)30-21-15(24)7-12(10-29-21)23(26,27)28/h3-10,31H,11H2,1-2H3,(H,29,30,32). The molecule has 0 spiro atoms. The molecule has 0 saturated carbocycles. The maximum atomic E-state index is 14.0. The predicted molar refractivity (Wildman–Crippen MR) is 130 cm³/mol. The summed E-state index contributed by atoms with van der Waals surface area (Å²) < 4.78 is 95.3. The monoisotopic (exact) mass is 591 g/mol. The van der Waals surface area contributed by atoms with E-state index in [2.05, 4.69) is 10.3 Å². The van der Waals surface area contributed by atoms with Gasteiger partial charge in [-0.2, -0.15) is 13.2 Å². The molecule has 16 heteroatoms. The van der Waals surface area contributed by atoms with E-state index in [-0.39, 0.29) is 17.2 Å². The number of amides is 1. The van der Waals surface area contributed by atoms with Gasteiger partial charge in [-0.05, 0) is 24.3 Å². The average Bonchev–Trinajstić information content (AvgIpc) is 2.88. The number of halogens is 5. The molecule has 0 aliphatic carbocycles. The third kappa shape index (κ3) is 7.06. The number of pyridine rings is 1. The Balaban J connectivity index is 1.81. The Morgan fingerprint density at radius 2 is 1.77 bits per heavy atom. The van der Waals surface area contributed by atoms with Gasteiger partial charge >= 0.3 is 12.1 Å². The summed E-state index contributed by atoms with van der Waals surface area (Å²) in [6.45, 7) is -0.964. The van der Waals surface area contributed by atoms with Gasteiger partial charge < -0.3 is 19.5 Å². The number of anilines is 2. The van der Waals surface area contributed by atoms with Crippen molar-refractivity contribution < 1.29 is 49.8 Å². The van der Waals surface area contributed by atoms with Crippen LogP contribution in [-0.4, -0.2) is 46.1 Å². The molecule has 1 amide bonds. The maximum Gasteiger partial charge on any atom is 0.417 e. The fourth-order valence-electron chi connectivity index (χ4n) is 3.06. The average molecular weight is 592 g/mol. The zero-order valence-corrected chi connectivity index (χ0v) is 21.5. The number of carbonyl (C=O) groups is 2. The van der Waals surface area contributed by atoms with E-state index in [1.165, 1.54) is 25.3 Å². The highest BCUT2D eigenvalue weighted by molar-refractivity contribution is 7.92. The van der Waals surface area contributed by atoms with Crippen molar-refractivity contribution in [2.24, 2.45) is 0 Å². The normalized spacial score (nSPS) is 11.5. The zero-order valence-electron chi connectivity index (χ0n) is 19.9. The van der Waals surface area contributed by atoms with Crippen molar-refractivity contribution in [2.75, 3.05) is 30.9 Å². The Morgan fingerprint density at radius 1 is 1.08 bits per heavy atom. The first-order valence-electron chi connectivity index (χ1n) is 10.5. The molecule has 0 atom stereocenters. The minimum atomic E-state index is -4.71. The number of methoxy groups -OCH3 is 2. The Morgan fingerprint density at radius 3 is 2.36 bits per heavy atom. The number of hydrogen-bond acceptors (Lipinski definition) is 8. The first kappa shape index (κ1) is 29.4. The first-order chi connectivity index (χ1) is 18.3. The molecule has 1 heterocycles. The van der Waals surface area contributed by atoms with E-state index < -0.39 is 67.4 Å². The van der Waals surface area contributed by atoms with Gasteiger partial charge in [-0.1, -0.05) is 23.7 Å². The third-order valence-electron chi connectivity index (χ3n) is 4.86. The van der Waals surface area contributed by atoms with E-state index in [1.807, 2.05) is 4.72 Å². The summed E-state index contributed by atoms with van der Waals surface area (Å²) in [5.41, 5.74) is -1.97. The van der Waals surface area contributed by atoms with E-state index in [9.17, 15) is 35.6 Å². The highest BCUT2D eigenvalue weighted by Crippen LogP contribution is 2.36. The fraction of sp³-hybridized carbons (Fsp3) is 0.174. The van der Waals surface area contributed by atoms with Crippen LogP contribution in [0, 0.1) is 5.82 Å². The molecule has 0 fully saturated rings. The molecule has 39 heavy (non-hydrogen) atoms. The summed E-state index contributed by atoms with van der Waals surface area (Å²) >= 11 is 5.74. The maximum absolute atomic E-state index is 14.0. The lowest BCUT2D eigenvalue weighted by Gasteiger charge is -2.16. The van der Waals surface area contributed by atoms with Crippen molar-refractivity contribution in [1.82, 2.24) is 4.98 Å². The summed E-state index contributed by atoms with van der Waals surface area (Å²) in [5.74, 6) is -3.96. The van der Waals surface area contributed by atoms with Gasteiger partial charge in [0.1, 0.15) is 11.4 Å². The van der Waals surface area contributed by atoms with Crippen molar-refractivity contribution in [3.8, 4) is 11.5 Å². The van der Waals surface area contributed by atoms with Crippen LogP contribution in [-0.2, 0) is 25.7 Å². The Labute approximate surface area is 223 Å². The Kier molecular flexibility index (Phi) is 8.86. The van der Waals surface area contributed by atoms with Crippen molar-refractivity contribution in [3.63, 3.8) is 0 Å². The van der Waals surface area contributed by atoms with E-state index in [1.54, 1.807) is 0 Å². The van der Waals surface area contributed by atoms with Gasteiger partial charge in [0.2, 0.25) is 0 Å². The van der Waals surface area contributed by atoms with E-state index in [4.69, 9.17) is 25.8 Å². The molecule has 1 aromatic heterocycles. The molecule has 0 aliphatic heterocycles. The van der Waals surface area contributed by atoms with Crippen molar-refractivity contribution in [2.45, 2.75) is 11.1 Å². The van der Waals surface area contributed by atoms with Crippen LogP contribution in [0.3, 0.4) is 0 Å². The Bertz CT molecular complexity index is 1520. The molecular formula is C23H18ClF4N3O7S. The van der Waals surface area contributed by atoms with Crippen LogP contribution in [0.5, 0.6) is 11.5 Å². The van der Waals surface area contributed by atoms with Crippen molar-refractivity contribution in [1.29, 1.82) is 0 Å². The number of ether oxygens (including phenoxy) is 3. The zero-order chi connectivity index (χ0) is 29.0. The van der Waals surface area contributed by atoms with Crippen LogP contribution in [0.2, 0.25) is 5.02 Å². The quantitative estimate of drug-likeness (QED) is 0.274. The number of rotatable bonds is 9. The number of aromatic nitrogens is 1. The largest absolute Gasteiger partial charge is 0.493 e. The second kappa shape index (κ2) is 11.7. The summed E-state index contributed by atoms with van der Waals surface area (Å²) in [7, 11) is -2.13. The van der Waals surface area contributed by atoms with Crippen LogP contribution in [0.1, 0.15) is 15.9 Å². The van der Waals surface area contributed by atoms with Gasteiger partial charge in [0, 0.05) is 12.3 Å². The minimum Gasteiger partial charge on any atom is -0.493 e. The van der Waals surface area contributed by atoms with E-state index in [0.717, 1.165) is 25.3 Å². The van der Waals surface area contributed by atoms with E-state index >= 15 is 0 Å². The number of hydrogen-bond donors (Lipinski definition) is 2. The molecule has 0 radical (unpaired) electrons. The van der Waals surface area contributed by atoms with Crippen LogP contribution >= 0.6 is 11.6 Å². The molecule has 0 unspecified atom stereocenters. The number of benzene rings is 2. The number of nitrogens with zero attached hydrogens (tertiary/aromatic N) is 1. The van der Waals surface area contributed by atoms with Crippen LogP contribution in [0.15, 0.2) is 53.6 Å². The smallest absolute Gasteiger partial charge is 0.417 e. The highest BCUT2D eigenvalue weighted by Gasteiger charge is 2.32. The lowest BCUT2D eigenvalue weighted by atomic mass is 10.2. The van der Waals surface area contributed by atoms with Gasteiger partial charge in [0.25, 0.3) is 15.9 Å². The molecule has 10 nitrogen and oxygen atoms in total. The highest BCUT2D eigenvalue weighted by atomic mass is 35.5. The van der Waals surface area contributed by atoms with Gasteiger partial charge in [-0.15, -0.1) is 0 Å². The summed E-state index contributed by atoms with van der Waals surface area (Å²) in [6.07, 6.45) is -4.26. The van der Waals surface area contributed by atoms with Gasteiger partial charge in [0.05, 0.1) is 35.4 Å². The van der Waals surface area contributed by atoms with Crippen molar-refractivity contribution >= 4 is 45.0 Å². The Hall–Kier alpha value is -4.11. The topological polar surface area (TPSA) is 133 Å². The van der Waals surface area contributed by atoms with Gasteiger partial charge in [-0.25, -0.2) is 22.6 Å². The molecule has 0 saturated heterocycles. The third-order valence-corrected chi connectivity index (χ3v) is 6.49. The fourth-order valence-corrected chi connectivity index (χ4v) is 4.38. The second-order valence-electron chi connectivity index (χ2n) is 7.47. The molecule has 0 aliphatic rings. The lowest BCUT2D eigenvalue weighted by molar-refractivity contribution is -0.137. The number of alkyl halides is 3. The molecular weight excluding hydrogens is 574 g/mol. The molecule has 0 bridgehead atoms. The summed E-state index contributed by atoms with van der Waals surface area (Å²) in [4.78, 5) is 27.9. The SMILES string of the molecule is COc1cc(S(=O)(=O)Nc2ccccc2F)cc(C(=O)OCC(=O)Nc2ncc(C(F)(F)F)cc2Cl)c1OC. The number of para-hydroxylation sites is 1. The number of carbonyl (C=O) groups excluding carboxylic acids is 2. The molecule has 2 aromatic carbocycles. The van der Waals surface area contributed by atoms with Crippen LogP contribution < -0.4 is 19.5 Å². The predicted octanol–water partition coefficient (Wildman–Crippen LogP) is 4.51. The van der Waals surface area contributed by atoms with Crippen LogP contribution in [0.25, 0.3) is 0 Å². The minimum absolute atomic E-state index is 0.203. The number of sulfonamides is 1.